The van der Waals surface area contributed by atoms with Gasteiger partial charge in [0.05, 0.1) is 12.7 Å². The van der Waals surface area contributed by atoms with Crippen LogP contribution in [0.1, 0.15) is 23.2 Å². The van der Waals surface area contributed by atoms with Crippen LogP contribution in [-0.4, -0.2) is 61.0 Å². The minimum Gasteiger partial charge on any atom is -0.465 e. The normalized spacial score (nSPS) is 13.7. The van der Waals surface area contributed by atoms with E-state index in [9.17, 15) is 14.4 Å². The summed E-state index contributed by atoms with van der Waals surface area (Å²) in [5, 5.41) is 2.73. The molecule has 1 fully saturated rings. The predicted octanol–water partition coefficient (Wildman–Crippen LogP) is 1.94. The Balaban J connectivity index is 1.41. The highest BCUT2D eigenvalue weighted by Crippen LogP contribution is 2.14. The molecule has 0 aliphatic carbocycles. The van der Waals surface area contributed by atoms with Crippen molar-refractivity contribution in [1.29, 1.82) is 0 Å². The molecular formula is C21H24N4O4. The van der Waals surface area contributed by atoms with Gasteiger partial charge >= 0.3 is 5.97 Å². The summed E-state index contributed by atoms with van der Waals surface area (Å²) in [6, 6.07) is 12.2. The Morgan fingerprint density at radius 3 is 2.34 bits per heavy atom. The van der Waals surface area contributed by atoms with Crippen molar-refractivity contribution in [2.24, 2.45) is 0 Å². The number of hydrogen-bond donors (Lipinski definition) is 1. The number of esters is 1. The Labute approximate surface area is 169 Å². The van der Waals surface area contributed by atoms with Gasteiger partial charge in [-0.05, 0) is 36.4 Å². The van der Waals surface area contributed by atoms with E-state index in [4.69, 9.17) is 0 Å². The molecule has 2 aromatic rings. The fourth-order valence-electron chi connectivity index (χ4n) is 3.14. The summed E-state index contributed by atoms with van der Waals surface area (Å²) >= 11 is 0. The number of aromatic nitrogens is 1. The molecule has 0 bridgehead atoms. The summed E-state index contributed by atoms with van der Waals surface area (Å²) in [7, 11) is 1.31. The van der Waals surface area contributed by atoms with E-state index in [0.29, 0.717) is 24.3 Å². The quantitative estimate of drug-likeness (QED) is 0.751. The van der Waals surface area contributed by atoms with Crippen LogP contribution in [0.3, 0.4) is 0 Å². The fraction of sp³-hybridized carbons (Fsp3) is 0.333. The van der Waals surface area contributed by atoms with Gasteiger partial charge in [0.15, 0.2) is 0 Å². The van der Waals surface area contributed by atoms with Crippen molar-refractivity contribution in [2.75, 3.05) is 43.5 Å². The number of nitrogens with zero attached hydrogens (tertiary/aromatic N) is 3. The molecular weight excluding hydrogens is 372 g/mol. The highest BCUT2D eigenvalue weighted by Gasteiger charge is 2.22. The van der Waals surface area contributed by atoms with Crippen molar-refractivity contribution in [2.45, 2.75) is 12.8 Å². The Morgan fingerprint density at radius 1 is 1.00 bits per heavy atom. The summed E-state index contributed by atoms with van der Waals surface area (Å²) in [5.41, 5.74) is 0.976. The number of benzene rings is 1. The molecule has 8 nitrogen and oxygen atoms in total. The minimum absolute atomic E-state index is 0.0261. The summed E-state index contributed by atoms with van der Waals surface area (Å²) < 4.78 is 4.64. The molecule has 2 amide bonds. The number of anilines is 2. The topological polar surface area (TPSA) is 91.8 Å². The number of rotatable bonds is 6. The second kappa shape index (κ2) is 9.68. The van der Waals surface area contributed by atoms with Crippen LogP contribution in [0.2, 0.25) is 0 Å². The van der Waals surface area contributed by atoms with E-state index in [1.165, 1.54) is 7.11 Å². The number of hydrogen-bond acceptors (Lipinski definition) is 6. The maximum atomic E-state index is 12.4. The number of amides is 2. The van der Waals surface area contributed by atoms with Crippen molar-refractivity contribution in [3.8, 4) is 0 Å². The molecule has 0 saturated carbocycles. The van der Waals surface area contributed by atoms with Crippen LogP contribution in [0.4, 0.5) is 11.5 Å². The van der Waals surface area contributed by atoms with Crippen LogP contribution >= 0.6 is 0 Å². The van der Waals surface area contributed by atoms with Crippen molar-refractivity contribution < 1.29 is 19.1 Å². The lowest BCUT2D eigenvalue weighted by Gasteiger charge is -2.35. The van der Waals surface area contributed by atoms with Gasteiger partial charge in [-0.25, -0.2) is 9.78 Å². The van der Waals surface area contributed by atoms with Crippen LogP contribution in [0.5, 0.6) is 0 Å². The Kier molecular flexibility index (Phi) is 6.78. The summed E-state index contributed by atoms with van der Waals surface area (Å²) in [4.78, 5) is 44.2. The van der Waals surface area contributed by atoms with Crippen molar-refractivity contribution in [3.05, 3.63) is 54.2 Å². The molecule has 1 aromatic carbocycles. The molecule has 29 heavy (non-hydrogen) atoms. The first-order valence-electron chi connectivity index (χ1n) is 9.49. The fourth-order valence-corrected chi connectivity index (χ4v) is 3.14. The smallest absolute Gasteiger partial charge is 0.337 e. The van der Waals surface area contributed by atoms with E-state index in [2.05, 4.69) is 19.9 Å². The van der Waals surface area contributed by atoms with Crippen LogP contribution in [0, 0.1) is 0 Å². The minimum atomic E-state index is -0.434. The third-order valence-electron chi connectivity index (χ3n) is 4.76. The Morgan fingerprint density at radius 2 is 1.72 bits per heavy atom. The van der Waals surface area contributed by atoms with E-state index >= 15 is 0 Å². The highest BCUT2D eigenvalue weighted by atomic mass is 16.5. The van der Waals surface area contributed by atoms with Gasteiger partial charge in [0.1, 0.15) is 5.82 Å². The lowest BCUT2D eigenvalue weighted by Crippen LogP contribution is -2.49. The molecule has 0 radical (unpaired) electrons. The molecule has 0 atom stereocenters. The number of nitrogens with one attached hydrogen (secondary N) is 1. The number of methoxy groups -OCH3 is 1. The zero-order valence-electron chi connectivity index (χ0n) is 16.3. The van der Waals surface area contributed by atoms with E-state index < -0.39 is 5.97 Å². The van der Waals surface area contributed by atoms with E-state index in [1.807, 2.05) is 18.2 Å². The van der Waals surface area contributed by atoms with Crippen LogP contribution in [0.25, 0.3) is 0 Å². The third kappa shape index (κ3) is 5.54. The molecule has 0 spiro atoms. The highest BCUT2D eigenvalue weighted by molar-refractivity contribution is 5.94. The number of pyridine rings is 1. The van der Waals surface area contributed by atoms with Gasteiger partial charge in [-0.2, -0.15) is 0 Å². The number of ether oxygens (including phenoxy) is 1. The van der Waals surface area contributed by atoms with Gasteiger partial charge < -0.3 is 19.9 Å². The van der Waals surface area contributed by atoms with Gasteiger partial charge in [0, 0.05) is 50.9 Å². The average molecular weight is 396 g/mol. The second-order valence-electron chi connectivity index (χ2n) is 6.67. The molecule has 2 heterocycles. The predicted molar refractivity (Wildman–Crippen MR) is 109 cm³/mol. The first kappa shape index (κ1) is 20.3. The number of piperazine rings is 1. The molecule has 0 unspecified atom stereocenters. The molecule has 1 aliphatic heterocycles. The summed E-state index contributed by atoms with van der Waals surface area (Å²) in [6.45, 7) is 2.68. The zero-order chi connectivity index (χ0) is 20.6. The van der Waals surface area contributed by atoms with Gasteiger partial charge in [-0.15, -0.1) is 0 Å². The van der Waals surface area contributed by atoms with E-state index in [0.717, 1.165) is 18.9 Å². The molecule has 1 saturated heterocycles. The van der Waals surface area contributed by atoms with Crippen LogP contribution < -0.4 is 10.2 Å². The lowest BCUT2D eigenvalue weighted by atomic mass is 10.2. The molecule has 8 heteroatoms. The second-order valence-corrected chi connectivity index (χ2v) is 6.67. The Hall–Kier alpha value is -3.42. The van der Waals surface area contributed by atoms with Crippen LogP contribution in [0.15, 0.2) is 48.7 Å². The monoisotopic (exact) mass is 396 g/mol. The Bertz CT molecular complexity index is 847. The van der Waals surface area contributed by atoms with Crippen molar-refractivity contribution in [1.82, 2.24) is 9.88 Å². The summed E-state index contributed by atoms with van der Waals surface area (Å²) in [5.74, 6) is 0.215. The van der Waals surface area contributed by atoms with Gasteiger partial charge in [-0.3, -0.25) is 9.59 Å². The average Bonchev–Trinajstić information content (AvgIpc) is 2.78. The van der Waals surface area contributed by atoms with E-state index in [-0.39, 0.29) is 24.7 Å². The summed E-state index contributed by atoms with van der Waals surface area (Å²) in [6.07, 6.45) is 2.03. The molecule has 3 rings (SSSR count). The zero-order valence-corrected chi connectivity index (χ0v) is 16.3. The largest absolute Gasteiger partial charge is 0.465 e. The van der Waals surface area contributed by atoms with Gasteiger partial charge in [0.2, 0.25) is 11.8 Å². The standard InChI is InChI=1S/C21H24N4O4/c1-29-21(28)16-5-7-17(8-6-16)23-19(26)9-10-20(27)25-14-12-24(13-15-25)18-4-2-3-11-22-18/h2-8,11H,9-10,12-15H2,1H3,(H,23,26). The third-order valence-corrected chi connectivity index (χ3v) is 4.76. The first-order valence-corrected chi connectivity index (χ1v) is 9.49. The van der Waals surface area contributed by atoms with E-state index in [1.54, 1.807) is 35.4 Å². The number of carbonyl (C=O) groups excluding carboxylic acids is 3. The number of carbonyl (C=O) groups is 3. The van der Waals surface area contributed by atoms with Gasteiger partial charge in [0.25, 0.3) is 0 Å². The SMILES string of the molecule is COC(=O)c1ccc(NC(=O)CCC(=O)N2CCN(c3ccccn3)CC2)cc1. The lowest BCUT2D eigenvalue weighted by molar-refractivity contribution is -0.133. The maximum Gasteiger partial charge on any atom is 0.337 e. The molecule has 1 aliphatic rings. The van der Waals surface area contributed by atoms with Gasteiger partial charge in [-0.1, -0.05) is 6.07 Å². The maximum absolute atomic E-state index is 12.4. The van der Waals surface area contributed by atoms with Crippen molar-refractivity contribution >= 4 is 29.3 Å². The van der Waals surface area contributed by atoms with Crippen LogP contribution in [-0.2, 0) is 14.3 Å². The molecule has 1 N–H and O–H groups in total. The first-order chi connectivity index (χ1) is 14.1. The molecule has 1 aromatic heterocycles. The molecule has 152 valence electrons. The van der Waals surface area contributed by atoms with Crippen molar-refractivity contribution in [3.63, 3.8) is 0 Å².